The second-order valence-corrected chi connectivity index (χ2v) is 6.54. The molecule has 0 amide bonds. The molecule has 112 valence electrons. The van der Waals surface area contributed by atoms with Crippen molar-refractivity contribution in [1.29, 1.82) is 0 Å². The van der Waals surface area contributed by atoms with Crippen LogP contribution in [-0.4, -0.2) is 36.1 Å². The van der Waals surface area contributed by atoms with Gasteiger partial charge in [-0.1, -0.05) is 20.8 Å². The standard InChI is InChI=1S/C17H23N3O/c1-17(2,3)14-12-18-20(13-14)16-6-4-15(5-7-16)19-8-10-21-11-9-19/h4-7,12-13H,8-11H2,1-3H3. The van der Waals surface area contributed by atoms with E-state index in [1.54, 1.807) is 0 Å². The summed E-state index contributed by atoms with van der Waals surface area (Å²) in [6, 6.07) is 8.59. The van der Waals surface area contributed by atoms with Crippen LogP contribution >= 0.6 is 0 Å². The molecular formula is C17H23N3O. The topological polar surface area (TPSA) is 30.3 Å². The number of nitrogens with zero attached hydrogens (tertiary/aromatic N) is 3. The molecule has 1 saturated heterocycles. The van der Waals surface area contributed by atoms with E-state index in [9.17, 15) is 0 Å². The lowest BCUT2D eigenvalue weighted by Gasteiger charge is -2.28. The third-order valence-corrected chi connectivity index (χ3v) is 3.94. The maximum Gasteiger partial charge on any atom is 0.0647 e. The Morgan fingerprint density at radius 1 is 1.00 bits per heavy atom. The minimum absolute atomic E-state index is 0.131. The Morgan fingerprint density at radius 2 is 1.62 bits per heavy atom. The van der Waals surface area contributed by atoms with Crippen molar-refractivity contribution in [2.45, 2.75) is 26.2 Å². The van der Waals surface area contributed by atoms with Gasteiger partial charge in [0, 0.05) is 25.0 Å². The van der Waals surface area contributed by atoms with Crippen molar-refractivity contribution in [3.63, 3.8) is 0 Å². The molecule has 0 saturated carbocycles. The summed E-state index contributed by atoms with van der Waals surface area (Å²) >= 11 is 0. The lowest BCUT2D eigenvalue weighted by atomic mass is 9.90. The predicted molar refractivity (Wildman–Crippen MR) is 85.3 cm³/mol. The van der Waals surface area contributed by atoms with E-state index in [4.69, 9.17) is 4.74 Å². The predicted octanol–water partition coefficient (Wildman–Crippen LogP) is 3.01. The number of hydrogen-bond donors (Lipinski definition) is 0. The molecule has 0 aliphatic carbocycles. The molecular weight excluding hydrogens is 262 g/mol. The summed E-state index contributed by atoms with van der Waals surface area (Å²) in [6.45, 7) is 10.2. The third-order valence-electron chi connectivity index (χ3n) is 3.94. The Morgan fingerprint density at radius 3 is 2.19 bits per heavy atom. The molecule has 4 heteroatoms. The Bertz CT molecular complexity index is 589. The number of aromatic nitrogens is 2. The van der Waals surface area contributed by atoms with Crippen molar-refractivity contribution >= 4 is 5.69 Å². The van der Waals surface area contributed by atoms with Crippen molar-refractivity contribution in [2.75, 3.05) is 31.2 Å². The van der Waals surface area contributed by atoms with Crippen molar-refractivity contribution in [3.8, 4) is 5.69 Å². The lowest BCUT2D eigenvalue weighted by Crippen LogP contribution is -2.36. The summed E-state index contributed by atoms with van der Waals surface area (Å²) in [6.07, 6.45) is 4.07. The molecule has 1 aromatic heterocycles. The highest BCUT2D eigenvalue weighted by Gasteiger charge is 2.16. The van der Waals surface area contributed by atoms with Gasteiger partial charge < -0.3 is 9.64 Å². The molecule has 0 radical (unpaired) electrons. The monoisotopic (exact) mass is 285 g/mol. The lowest BCUT2D eigenvalue weighted by molar-refractivity contribution is 0.122. The minimum atomic E-state index is 0.131. The van der Waals surface area contributed by atoms with E-state index in [2.05, 4.69) is 61.2 Å². The van der Waals surface area contributed by atoms with Crippen molar-refractivity contribution in [3.05, 3.63) is 42.2 Å². The fraction of sp³-hybridized carbons (Fsp3) is 0.471. The SMILES string of the molecule is CC(C)(C)c1cnn(-c2ccc(N3CCOCC3)cc2)c1. The fourth-order valence-corrected chi connectivity index (χ4v) is 2.49. The summed E-state index contributed by atoms with van der Waals surface area (Å²) in [7, 11) is 0. The highest BCUT2D eigenvalue weighted by molar-refractivity contribution is 5.51. The van der Waals surface area contributed by atoms with Gasteiger partial charge in [0.2, 0.25) is 0 Å². The molecule has 0 atom stereocenters. The maximum absolute atomic E-state index is 5.39. The van der Waals surface area contributed by atoms with Gasteiger partial charge in [-0.05, 0) is 35.2 Å². The van der Waals surface area contributed by atoms with E-state index in [1.165, 1.54) is 11.3 Å². The number of ether oxygens (including phenoxy) is 1. The van der Waals surface area contributed by atoms with Crippen LogP contribution in [-0.2, 0) is 10.2 Å². The van der Waals surface area contributed by atoms with Crippen LogP contribution in [0.2, 0.25) is 0 Å². The summed E-state index contributed by atoms with van der Waals surface area (Å²) in [5.41, 5.74) is 3.74. The Balaban J connectivity index is 1.79. The van der Waals surface area contributed by atoms with Crippen molar-refractivity contribution in [2.24, 2.45) is 0 Å². The van der Waals surface area contributed by atoms with Crippen LogP contribution < -0.4 is 4.90 Å². The third kappa shape index (κ3) is 3.10. The van der Waals surface area contributed by atoms with Crippen LogP contribution in [0.4, 0.5) is 5.69 Å². The van der Waals surface area contributed by atoms with E-state index in [0.717, 1.165) is 32.0 Å². The largest absolute Gasteiger partial charge is 0.378 e. The zero-order valence-electron chi connectivity index (χ0n) is 13.0. The molecule has 0 unspecified atom stereocenters. The zero-order valence-corrected chi connectivity index (χ0v) is 13.0. The molecule has 1 aliphatic heterocycles. The van der Waals surface area contributed by atoms with Crippen molar-refractivity contribution in [1.82, 2.24) is 9.78 Å². The molecule has 3 rings (SSSR count). The van der Waals surface area contributed by atoms with Gasteiger partial charge in [0.25, 0.3) is 0 Å². The van der Waals surface area contributed by atoms with E-state index < -0.39 is 0 Å². The maximum atomic E-state index is 5.39. The van der Waals surface area contributed by atoms with Gasteiger partial charge in [0.1, 0.15) is 0 Å². The van der Waals surface area contributed by atoms with Gasteiger partial charge in [-0.15, -0.1) is 0 Å². The number of benzene rings is 1. The van der Waals surface area contributed by atoms with E-state index >= 15 is 0 Å². The number of rotatable bonds is 2. The molecule has 1 aromatic carbocycles. The van der Waals surface area contributed by atoms with Gasteiger partial charge in [-0.25, -0.2) is 4.68 Å². The van der Waals surface area contributed by atoms with Gasteiger partial charge in [-0.3, -0.25) is 0 Å². The quantitative estimate of drug-likeness (QED) is 0.849. The van der Waals surface area contributed by atoms with Gasteiger partial charge in [0.05, 0.1) is 25.1 Å². The van der Waals surface area contributed by atoms with Crippen LogP contribution in [0.1, 0.15) is 26.3 Å². The molecule has 2 heterocycles. The van der Waals surface area contributed by atoms with Gasteiger partial charge in [0.15, 0.2) is 0 Å². The van der Waals surface area contributed by atoms with Crippen LogP contribution in [0.3, 0.4) is 0 Å². The first-order valence-electron chi connectivity index (χ1n) is 7.52. The second-order valence-electron chi connectivity index (χ2n) is 6.54. The Hall–Kier alpha value is -1.81. The number of morpholine rings is 1. The first kappa shape index (κ1) is 14.1. The first-order chi connectivity index (χ1) is 10.0. The van der Waals surface area contributed by atoms with Crippen LogP contribution in [0.25, 0.3) is 5.69 Å². The van der Waals surface area contributed by atoms with Gasteiger partial charge >= 0.3 is 0 Å². The minimum Gasteiger partial charge on any atom is -0.378 e. The summed E-state index contributed by atoms with van der Waals surface area (Å²) in [4.78, 5) is 2.36. The second kappa shape index (κ2) is 5.53. The fourth-order valence-electron chi connectivity index (χ4n) is 2.49. The first-order valence-corrected chi connectivity index (χ1v) is 7.52. The zero-order chi connectivity index (χ0) is 14.9. The normalized spacial score (nSPS) is 16.2. The summed E-state index contributed by atoms with van der Waals surface area (Å²) < 4.78 is 7.34. The highest BCUT2D eigenvalue weighted by Crippen LogP contribution is 2.23. The molecule has 0 N–H and O–H groups in total. The number of hydrogen-bond acceptors (Lipinski definition) is 3. The van der Waals surface area contributed by atoms with Crippen molar-refractivity contribution < 1.29 is 4.74 Å². The van der Waals surface area contributed by atoms with Crippen LogP contribution in [0.5, 0.6) is 0 Å². The van der Waals surface area contributed by atoms with Crippen LogP contribution in [0, 0.1) is 0 Å². The molecule has 0 bridgehead atoms. The molecule has 1 aliphatic rings. The van der Waals surface area contributed by atoms with E-state index in [0.29, 0.717) is 0 Å². The average Bonchev–Trinajstić information content (AvgIpc) is 2.98. The van der Waals surface area contributed by atoms with E-state index in [-0.39, 0.29) is 5.41 Å². The molecule has 21 heavy (non-hydrogen) atoms. The Labute approximate surface area is 126 Å². The molecule has 4 nitrogen and oxygen atoms in total. The van der Waals surface area contributed by atoms with Gasteiger partial charge in [-0.2, -0.15) is 5.10 Å². The smallest absolute Gasteiger partial charge is 0.0647 e. The average molecular weight is 285 g/mol. The van der Waals surface area contributed by atoms with E-state index in [1.807, 2.05) is 10.9 Å². The molecule has 0 spiro atoms. The molecule has 1 fully saturated rings. The van der Waals surface area contributed by atoms with Crippen LogP contribution in [0.15, 0.2) is 36.7 Å². The Kier molecular flexibility index (Phi) is 3.72. The highest BCUT2D eigenvalue weighted by atomic mass is 16.5. The summed E-state index contributed by atoms with van der Waals surface area (Å²) in [5, 5.41) is 4.48. The summed E-state index contributed by atoms with van der Waals surface area (Å²) in [5.74, 6) is 0. The number of anilines is 1. The molecule has 2 aromatic rings.